The molecule has 0 bridgehead atoms. The van der Waals surface area contributed by atoms with E-state index in [1.165, 1.54) is 10.7 Å². The number of hydrogen-bond acceptors (Lipinski definition) is 5. The van der Waals surface area contributed by atoms with E-state index < -0.39 is 0 Å². The van der Waals surface area contributed by atoms with E-state index in [0.717, 1.165) is 28.8 Å². The van der Waals surface area contributed by atoms with Gasteiger partial charge in [0.15, 0.2) is 0 Å². The summed E-state index contributed by atoms with van der Waals surface area (Å²) in [4.78, 5) is 24.2. The molecule has 2 aromatic carbocycles. The van der Waals surface area contributed by atoms with Crippen LogP contribution in [0.2, 0.25) is 0 Å². The van der Waals surface area contributed by atoms with Crippen molar-refractivity contribution in [1.82, 2.24) is 15.1 Å². The van der Waals surface area contributed by atoms with E-state index >= 15 is 0 Å². The molecular formula is C23H27N5O2. The Hall–Kier alpha value is -3.45. The molecule has 156 valence electrons. The molecule has 1 amide bonds. The van der Waals surface area contributed by atoms with Gasteiger partial charge in [-0.1, -0.05) is 36.4 Å². The summed E-state index contributed by atoms with van der Waals surface area (Å²) in [6.07, 6.45) is 1.09. The van der Waals surface area contributed by atoms with Gasteiger partial charge in [-0.15, -0.1) is 0 Å². The first kappa shape index (κ1) is 21.3. The van der Waals surface area contributed by atoms with Crippen LogP contribution in [0, 0.1) is 0 Å². The molecule has 0 aliphatic heterocycles. The summed E-state index contributed by atoms with van der Waals surface area (Å²) in [6, 6.07) is 18.8. The number of amides is 1. The highest BCUT2D eigenvalue weighted by Gasteiger charge is 2.07. The minimum absolute atomic E-state index is 0.0216. The lowest BCUT2D eigenvalue weighted by Crippen LogP contribution is -2.27. The molecule has 7 heteroatoms. The van der Waals surface area contributed by atoms with Gasteiger partial charge in [0, 0.05) is 30.9 Å². The standard InChI is InChI=1S/C23H27N5O2/c1-25-20-5-2-4-18(14-20)16-28-23(30)11-10-21(27-28)19-8-6-17(7-9-19)15-22(29)26-13-3-12-24/h2,4-11,14,25H,3,12-13,15-16,24H2,1H3,(H,26,29). The summed E-state index contributed by atoms with van der Waals surface area (Å²) >= 11 is 0. The molecule has 3 aromatic rings. The predicted octanol–water partition coefficient (Wildman–Crippen LogP) is 2.01. The van der Waals surface area contributed by atoms with E-state index in [-0.39, 0.29) is 11.5 Å². The SMILES string of the molecule is CNc1cccc(Cn2nc(-c3ccc(CC(=O)NCCCN)cc3)ccc2=O)c1. The molecule has 0 spiro atoms. The molecule has 0 saturated heterocycles. The first-order chi connectivity index (χ1) is 14.6. The minimum Gasteiger partial charge on any atom is -0.388 e. The Labute approximate surface area is 175 Å². The zero-order valence-electron chi connectivity index (χ0n) is 17.1. The lowest BCUT2D eigenvalue weighted by molar-refractivity contribution is -0.120. The van der Waals surface area contributed by atoms with Crippen molar-refractivity contribution in [2.24, 2.45) is 5.73 Å². The van der Waals surface area contributed by atoms with Gasteiger partial charge in [-0.2, -0.15) is 5.10 Å². The molecule has 0 unspecified atom stereocenters. The molecule has 0 saturated carbocycles. The second kappa shape index (κ2) is 10.4. The van der Waals surface area contributed by atoms with Crippen LogP contribution in [0.4, 0.5) is 5.69 Å². The van der Waals surface area contributed by atoms with E-state index in [0.29, 0.717) is 31.7 Å². The highest BCUT2D eigenvalue weighted by Crippen LogP contribution is 2.17. The van der Waals surface area contributed by atoms with Crippen molar-refractivity contribution >= 4 is 11.6 Å². The summed E-state index contributed by atoms with van der Waals surface area (Å²) < 4.78 is 1.46. The highest BCUT2D eigenvalue weighted by atomic mass is 16.1. The van der Waals surface area contributed by atoms with Crippen LogP contribution in [0.3, 0.4) is 0 Å². The van der Waals surface area contributed by atoms with Crippen molar-refractivity contribution in [3.63, 3.8) is 0 Å². The molecule has 0 aliphatic carbocycles. The average Bonchev–Trinajstić information content (AvgIpc) is 2.76. The molecule has 1 heterocycles. The second-order valence-corrected chi connectivity index (χ2v) is 7.03. The predicted molar refractivity (Wildman–Crippen MR) is 119 cm³/mol. The summed E-state index contributed by atoms with van der Waals surface area (Å²) in [5.74, 6) is -0.0216. The van der Waals surface area contributed by atoms with Crippen molar-refractivity contribution in [2.45, 2.75) is 19.4 Å². The number of carbonyl (C=O) groups excluding carboxylic acids is 1. The van der Waals surface area contributed by atoms with Crippen LogP contribution in [0.1, 0.15) is 17.5 Å². The van der Waals surface area contributed by atoms with E-state index in [1.807, 2.05) is 55.6 Å². The maximum absolute atomic E-state index is 12.3. The summed E-state index contributed by atoms with van der Waals surface area (Å²) in [5, 5.41) is 10.5. The zero-order chi connectivity index (χ0) is 21.3. The number of nitrogens with two attached hydrogens (primary N) is 1. The molecule has 0 radical (unpaired) electrons. The first-order valence-corrected chi connectivity index (χ1v) is 10.00. The van der Waals surface area contributed by atoms with Gasteiger partial charge >= 0.3 is 0 Å². The molecule has 0 fully saturated rings. The van der Waals surface area contributed by atoms with Gasteiger partial charge in [0.05, 0.1) is 18.7 Å². The number of aromatic nitrogens is 2. The molecule has 1 aromatic heterocycles. The third-order valence-corrected chi connectivity index (χ3v) is 4.73. The van der Waals surface area contributed by atoms with Gasteiger partial charge in [-0.25, -0.2) is 4.68 Å². The van der Waals surface area contributed by atoms with E-state index in [1.54, 1.807) is 6.07 Å². The van der Waals surface area contributed by atoms with Gasteiger partial charge in [0.2, 0.25) is 5.91 Å². The maximum atomic E-state index is 12.3. The average molecular weight is 406 g/mol. The Morgan fingerprint density at radius 1 is 1.07 bits per heavy atom. The Morgan fingerprint density at radius 3 is 2.60 bits per heavy atom. The van der Waals surface area contributed by atoms with Gasteiger partial charge in [0.1, 0.15) is 0 Å². The van der Waals surface area contributed by atoms with Crippen LogP contribution in [-0.2, 0) is 17.8 Å². The zero-order valence-corrected chi connectivity index (χ0v) is 17.1. The summed E-state index contributed by atoms with van der Waals surface area (Å²) in [7, 11) is 1.86. The topological polar surface area (TPSA) is 102 Å². The molecular weight excluding hydrogens is 378 g/mol. The Balaban J connectivity index is 1.72. The molecule has 0 aliphatic rings. The first-order valence-electron chi connectivity index (χ1n) is 10.00. The maximum Gasteiger partial charge on any atom is 0.267 e. The number of carbonyl (C=O) groups is 1. The largest absolute Gasteiger partial charge is 0.388 e. The quantitative estimate of drug-likeness (QED) is 0.473. The van der Waals surface area contributed by atoms with Crippen LogP contribution in [0.25, 0.3) is 11.3 Å². The fourth-order valence-corrected chi connectivity index (χ4v) is 3.09. The normalized spacial score (nSPS) is 10.6. The third kappa shape index (κ3) is 5.78. The van der Waals surface area contributed by atoms with Gasteiger partial charge < -0.3 is 16.4 Å². The van der Waals surface area contributed by atoms with Crippen LogP contribution >= 0.6 is 0 Å². The fourth-order valence-electron chi connectivity index (χ4n) is 3.09. The van der Waals surface area contributed by atoms with E-state index in [2.05, 4.69) is 15.7 Å². The van der Waals surface area contributed by atoms with Gasteiger partial charge in [0.25, 0.3) is 5.56 Å². The molecule has 7 nitrogen and oxygen atoms in total. The Bertz CT molecular complexity index is 1040. The number of anilines is 1. The van der Waals surface area contributed by atoms with E-state index in [4.69, 9.17) is 5.73 Å². The summed E-state index contributed by atoms with van der Waals surface area (Å²) in [5.41, 5.74) is 9.77. The van der Waals surface area contributed by atoms with Crippen molar-refractivity contribution in [3.05, 3.63) is 82.1 Å². The lowest BCUT2D eigenvalue weighted by Gasteiger charge is -2.09. The number of rotatable bonds is 9. The van der Waals surface area contributed by atoms with Gasteiger partial charge in [-0.05, 0) is 42.3 Å². The number of hydrogen-bond donors (Lipinski definition) is 3. The minimum atomic E-state index is -0.153. The highest BCUT2D eigenvalue weighted by molar-refractivity contribution is 5.78. The lowest BCUT2D eigenvalue weighted by atomic mass is 10.1. The molecule has 30 heavy (non-hydrogen) atoms. The fraction of sp³-hybridized carbons (Fsp3) is 0.261. The van der Waals surface area contributed by atoms with E-state index in [9.17, 15) is 9.59 Å². The smallest absolute Gasteiger partial charge is 0.267 e. The van der Waals surface area contributed by atoms with Crippen LogP contribution in [0.15, 0.2) is 65.5 Å². The Kier molecular flexibility index (Phi) is 7.34. The number of nitrogens with one attached hydrogen (secondary N) is 2. The monoisotopic (exact) mass is 405 g/mol. The molecule has 4 N–H and O–H groups in total. The molecule has 3 rings (SSSR count). The Morgan fingerprint density at radius 2 is 1.87 bits per heavy atom. The second-order valence-electron chi connectivity index (χ2n) is 7.03. The summed E-state index contributed by atoms with van der Waals surface area (Å²) in [6.45, 7) is 1.55. The number of benzene rings is 2. The molecule has 0 atom stereocenters. The van der Waals surface area contributed by atoms with Crippen LogP contribution in [0.5, 0.6) is 0 Å². The van der Waals surface area contributed by atoms with Crippen molar-refractivity contribution < 1.29 is 4.79 Å². The third-order valence-electron chi connectivity index (χ3n) is 4.73. The van der Waals surface area contributed by atoms with Crippen molar-refractivity contribution in [3.8, 4) is 11.3 Å². The van der Waals surface area contributed by atoms with Crippen LogP contribution < -0.4 is 21.9 Å². The van der Waals surface area contributed by atoms with Gasteiger partial charge in [-0.3, -0.25) is 9.59 Å². The van der Waals surface area contributed by atoms with Crippen molar-refractivity contribution in [2.75, 3.05) is 25.5 Å². The van der Waals surface area contributed by atoms with Crippen molar-refractivity contribution in [1.29, 1.82) is 0 Å². The number of nitrogens with zero attached hydrogens (tertiary/aromatic N) is 2. The van der Waals surface area contributed by atoms with Crippen LogP contribution in [-0.4, -0.2) is 35.8 Å².